The first-order valence-electron chi connectivity index (χ1n) is 5.70. The number of anilines is 1. The molecule has 0 aliphatic carbocycles. The van der Waals surface area contributed by atoms with Crippen molar-refractivity contribution in [1.29, 1.82) is 0 Å². The van der Waals surface area contributed by atoms with Gasteiger partial charge in [-0.15, -0.1) is 0 Å². The molecule has 2 rings (SSSR count). The van der Waals surface area contributed by atoms with Crippen molar-refractivity contribution < 1.29 is 0 Å². The van der Waals surface area contributed by atoms with Crippen molar-refractivity contribution in [2.75, 3.05) is 5.32 Å². The molecule has 1 aromatic carbocycles. The Bertz CT molecular complexity index is 505. The molecule has 0 saturated heterocycles. The third-order valence-electron chi connectivity index (χ3n) is 2.67. The second-order valence-electron chi connectivity index (χ2n) is 3.96. The number of aromatic nitrogens is 2. The van der Waals surface area contributed by atoms with E-state index in [9.17, 15) is 0 Å². The predicted molar refractivity (Wildman–Crippen MR) is 74.1 cm³/mol. The third kappa shape index (κ3) is 2.88. The molecular formula is C13H16BrN3. The van der Waals surface area contributed by atoms with Gasteiger partial charge in [0.25, 0.3) is 0 Å². The highest BCUT2D eigenvalue weighted by atomic mass is 79.9. The minimum absolute atomic E-state index is 0.806. The first-order chi connectivity index (χ1) is 8.20. The molecule has 1 N–H and O–H groups in total. The van der Waals surface area contributed by atoms with Gasteiger partial charge in [-0.25, -0.2) is 0 Å². The maximum atomic E-state index is 4.41. The summed E-state index contributed by atoms with van der Waals surface area (Å²) in [6.45, 7) is 2.92. The highest BCUT2D eigenvalue weighted by Gasteiger charge is 2.05. The van der Waals surface area contributed by atoms with Crippen molar-refractivity contribution in [2.45, 2.75) is 19.9 Å². The average molecular weight is 294 g/mol. The molecule has 17 heavy (non-hydrogen) atoms. The lowest BCUT2D eigenvalue weighted by Crippen LogP contribution is -2.01. The lowest BCUT2D eigenvalue weighted by atomic mass is 10.2. The molecule has 4 heteroatoms. The zero-order chi connectivity index (χ0) is 12.3. The van der Waals surface area contributed by atoms with Crippen LogP contribution in [-0.2, 0) is 20.0 Å². The molecule has 0 amide bonds. The number of rotatable bonds is 4. The smallest absolute Gasteiger partial charge is 0.0853 e. The van der Waals surface area contributed by atoms with Crippen LogP contribution in [0.25, 0.3) is 0 Å². The number of nitrogens with one attached hydrogen (secondary N) is 1. The summed E-state index contributed by atoms with van der Waals surface area (Å²) < 4.78 is 2.98. The van der Waals surface area contributed by atoms with Crippen molar-refractivity contribution in [2.24, 2.45) is 7.05 Å². The van der Waals surface area contributed by atoms with Gasteiger partial charge in [0, 0.05) is 24.3 Å². The molecule has 0 unspecified atom stereocenters. The number of aryl methyl sites for hydroxylation is 2. The topological polar surface area (TPSA) is 29.9 Å². The van der Waals surface area contributed by atoms with Crippen LogP contribution < -0.4 is 5.32 Å². The summed E-state index contributed by atoms with van der Waals surface area (Å²) in [5.74, 6) is 0. The van der Waals surface area contributed by atoms with Gasteiger partial charge in [0.05, 0.1) is 11.4 Å². The van der Waals surface area contributed by atoms with Crippen LogP contribution in [0.15, 0.2) is 34.9 Å². The fraction of sp³-hybridized carbons (Fsp3) is 0.308. The molecule has 2 aromatic rings. The molecule has 0 aliphatic rings. The molecule has 0 fully saturated rings. The molecule has 90 valence electrons. The van der Waals surface area contributed by atoms with Gasteiger partial charge in [-0.2, -0.15) is 5.10 Å². The van der Waals surface area contributed by atoms with Gasteiger partial charge in [-0.3, -0.25) is 4.68 Å². The number of hydrogen-bond acceptors (Lipinski definition) is 2. The standard InChI is InChI=1S/C13H16BrN3/c1-3-12-13(9-17(2)16-12)15-8-10-6-4-5-7-11(10)14/h4-7,9,15H,3,8H2,1-2H3. The van der Waals surface area contributed by atoms with Crippen molar-refractivity contribution in [3.05, 3.63) is 46.2 Å². The van der Waals surface area contributed by atoms with Gasteiger partial charge in [-0.05, 0) is 18.1 Å². The van der Waals surface area contributed by atoms with E-state index in [1.807, 2.05) is 30.1 Å². The van der Waals surface area contributed by atoms with E-state index in [1.54, 1.807) is 0 Å². The second-order valence-corrected chi connectivity index (χ2v) is 4.82. The Kier molecular flexibility index (Phi) is 3.84. The Morgan fingerprint density at radius 2 is 2.12 bits per heavy atom. The van der Waals surface area contributed by atoms with Crippen molar-refractivity contribution in [3.8, 4) is 0 Å². The van der Waals surface area contributed by atoms with Gasteiger partial charge in [0.15, 0.2) is 0 Å². The molecule has 0 bridgehead atoms. The fourth-order valence-electron chi connectivity index (χ4n) is 1.78. The van der Waals surface area contributed by atoms with Crippen LogP contribution in [-0.4, -0.2) is 9.78 Å². The van der Waals surface area contributed by atoms with Crippen molar-refractivity contribution >= 4 is 21.6 Å². The van der Waals surface area contributed by atoms with E-state index in [1.165, 1.54) is 5.56 Å². The molecule has 1 aromatic heterocycles. The Hall–Kier alpha value is -1.29. The summed E-state index contributed by atoms with van der Waals surface area (Å²) in [7, 11) is 1.95. The summed E-state index contributed by atoms with van der Waals surface area (Å²) in [6.07, 6.45) is 2.97. The molecule has 0 aliphatic heterocycles. The summed E-state index contributed by atoms with van der Waals surface area (Å²) >= 11 is 3.55. The Labute approximate surface area is 110 Å². The third-order valence-corrected chi connectivity index (χ3v) is 3.44. The highest BCUT2D eigenvalue weighted by Crippen LogP contribution is 2.19. The maximum absolute atomic E-state index is 4.41. The second kappa shape index (κ2) is 5.36. The molecule has 0 atom stereocenters. The minimum Gasteiger partial charge on any atom is -0.378 e. The summed E-state index contributed by atoms with van der Waals surface area (Å²) in [5, 5.41) is 7.84. The van der Waals surface area contributed by atoms with Crippen LogP contribution in [0.1, 0.15) is 18.2 Å². The van der Waals surface area contributed by atoms with Crippen LogP contribution in [0.3, 0.4) is 0 Å². The zero-order valence-electron chi connectivity index (χ0n) is 10.1. The van der Waals surface area contributed by atoms with Crippen molar-refractivity contribution in [1.82, 2.24) is 9.78 Å². The van der Waals surface area contributed by atoms with E-state index in [2.05, 4.69) is 45.4 Å². The molecule has 0 spiro atoms. The summed E-state index contributed by atoms with van der Waals surface area (Å²) in [4.78, 5) is 0. The van der Waals surface area contributed by atoms with E-state index in [0.29, 0.717) is 0 Å². The van der Waals surface area contributed by atoms with E-state index < -0.39 is 0 Å². The summed E-state index contributed by atoms with van der Waals surface area (Å²) in [5.41, 5.74) is 3.48. The van der Waals surface area contributed by atoms with Gasteiger partial charge in [-0.1, -0.05) is 41.1 Å². The van der Waals surface area contributed by atoms with Crippen LogP contribution in [0.5, 0.6) is 0 Å². The minimum atomic E-state index is 0.806. The van der Waals surface area contributed by atoms with Gasteiger partial charge >= 0.3 is 0 Å². The first-order valence-corrected chi connectivity index (χ1v) is 6.49. The van der Waals surface area contributed by atoms with E-state index >= 15 is 0 Å². The average Bonchev–Trinajstić information content (AvgIpc) is 2.69. The van der Waals surface area contributed by atoms with Crippen LogP contribution in [0, 0.1) is 0 Å². The molecule has 3 nitrogen and oxygen atoms in total. The van der Waals surface area contributed by atoms with Gasteiger partial charge in [0.2, 0.25) is 0 Å². The zero-order valence-corrected chi connectivity index (χ0v) is 11.7. The van der Waals surface area contributed by atoms with Crippen molar-refractivity contribution in [3.63, 3.8) is 0 Å². The van der Waals surface area contributed by atoms with Gasteiger partial charge < -0.3 is 5.32 Å². The quantitative estimate of drug-likeness (QED) is 0.937. The van der Waals surface area contributed by atoms with Crippen LogP contribution in [0.2, 0.25) is 0 Å². The number of hydrogen-bond donors (Lipinski definition) is 1. The molecular weight excluding hydrogens is 278 g/mol. The SMILES string of the molecule is CCc1nn(C)cc1NCc1ccccc1Br. The van der Waals surface area contributed by atoms with E-state index in [4.69, 9.17) is 0 Å². The fourth-order valence-corrected chi connectivity index (χ4v) is 2.20. The number of nitrogens with zero attached hydrogens (tertiary/aromatic N) is 2. The largest absolute Gasteiger partial charge is 0.378 e. The number of benzene rings is 1. The first kappa shape index (κ1) is 12.2. The van der Waals surface area contributed by atoms with E-state index in [-0.39, 0.29) is 0 Å². The molecule has 0 radical (unpaired) electrons. The highest BCUT2D eigenvalue weighted by molar-refractivity contribution is 9.10. The maximum Gasteiger partial charge on any atom is 0.0853 e. The normalized spacial score (nSPS) is 10.5. The van der Waals surface area contributed by atoms with Crippen LogP contribution >= 0.6 is 15.9 Å². The predicted octanol–water partition coefficient (Wildman–Crippen LogP) is 3.36. The lowest BCUT2D eigenvalue weighted by Gasteiger charge is -2.07. The monoisotopic (exact) mass is 293 g/mol. The molecule has 0 saturated carbocycles. The summed E-state index contributed by atoms with van der Waals surface area (Å²) in [6, 6.07) is 8.24. The Balaban J connectivity index is 2.09. The Morgan fingerprint density at radius 3 is 2.82 bits per heavy atom. The lowest BCUT2D eigenvalue weighted by molar-refractivity contribution is 0.746. The number of halogens is 1. The van der Waals surface area contributed by atoms with E-state index in [0.717, 1.165) is 28.8 Å². The Morgan fingerprint density at radius 1 is 1.35 bits per heavy atom. The van der Waals surface area contributed by atoms with Crippen LogP contribution in [0.4, 0.5) is 5.69 Å². The van der Waals surface area contributed by atoms with Gasteiger partial charge in [0.1, 0.15) is 0 Å². The molecule has 1 heterocycles.